The quantitative estimate of drug-likeness (QED) is 0.812. The maximum atomic E-state index is 12.0. The zero-order valence-electron chi connectivity index (χ0n) is 10.6. The van der Waals surface area contributed by atoms with Gasteiger partial charge in [0, 0.05) is 11.8 Å². The SMILES string of the molecule is CC(NC(=O)C1(O)CCSC1)C1CCCCC1. The van der Waals surface area contributed by atoms with E-state index in [4.69, 9.17) is 0 Å². The Labute approximate surface area is 108 Å². The highest BCUT2D eigenvalue weighted by Gasteiger charge is 2.40. The highest BCUT2D eigenvalue weighted by atomic mass is 32.2. The third-order valence-corrected chi connectivity index (χ3v) is 5.31. The Morgan fingerprint density at radius 2 is 2.12 bits per heavy atom. The second-order valence-corrected chi connectivity index (χ2v) is 6.60. The van der Waals surface area contributed by atoms with Crippen molar-refractivity contribution in [3.63, 3.8) is 0 Å². The van der Waals surface area contributed by atoms with Crippen LogP contribution >= 0.6 is 11.8 Å². The molecule has 17 heavy (non-hydrogen) atoms. The van der Waals surface area contributed by atoms with Crippen LogP contribution in [0.15, 0.2) is 0 Å². The molecule has 2 rings (SSSR count). The number of carbonyl (C=O) groups excluding carboxylic acids is 1. The smallest absolute Gasteiger partial charge is 0.253 e. The predicted molar refractivity (Wildman–Crippen MR) is 71.1 cm³/mol. The number of carbonyl (C=O) groups is 1. The minimum Gasteiger partial charge on any atom is -0.379 e. The van der Waals surface area contributed by atoms with E-state index in [9.17, 15) is 9.90 Å². The predicted octanol–water partition coefficient (Wildman–Crippen LogP) is 1.94. The first kappa shape index (κ1) is 13.2. The van der Waals surface area contributed by atoms with E-state index in [-0.39, 0.29) is 11.9 Å². The number of thioether (sulfide) groups is 1. The summed E-state index contributed by atoms with van der Waals surface area (Å²) in [4.78, 5) is 12.0. The van der Waals surface area contributed by atoms with Crippen molar-refractivity contribution in [2.45, 2.75) is 57.1 Å². The molecule has 98 valence electrons. The van der Waals surface area contributed by atoms with Crippen LogP contribution in [0.5, 0.6) is 0 Å². The Balaban J connectivity index is 1.84. The summed E-state index contributed by atoms with van der Waals surface area (Å²) in [5, 5.41) is 13.2. The Hall–Kier alpha value is -0.220. The number of hydrogen-bond acceptors (Lipinski definition) is 3. The van der Waals surface area contributed by atoms with Crippen LogP contribution in [0.2, 0.25) is 0 Å². The van der Waals surface area contributed by atoms with Gasteiger partial charge in [0.2, 0.25) is 0 Å². The van der Waals surface area contributed by atoms with Crippen LogP contribution < -0.4 is 5.32 Å². The highest BCUT2D eigenvalue weighted by molar-refractivity contribution is 7.99. The van der Waals surface area contributed by atoms with Gasteiger partial charge >= 0.3 is 0 Å². The van der Waals surface area contributed by atoms with Gasteiger partial charge < -0.3 is 10.4 Å². The van der Waals surface area contributed by atoms with Crippen molar-refractivity contribution in [2.75, 3.05) is 11.5 Å². The zero-order chi connectivity index (χ0) is 12.3. The van der Waals surface area contributed by atoms with Gasteiger partial charge in [-0.2, -0.15) is 11.8 Å². The molecular formula is C13H23NO2S. The monoisotopic (exact) mass is 257 g/mol. The molecule has 0 spiro atoms. The van der Waals surface area contributed by atoms with Gasteiger partial charge in [0.15, 0.2) is 5.60 Å². The molecule has 1 aliphatic carbocycles. The second-order valence-electron chi connectivity index (χ2n) is 5.49. The fourth-order valence-corrected chi connectivity index (χ4v) is 4.07. The number of rotatable bonds is 3. The van der Waals surface area contributed by atoms with E-state index < -0.39 is 5.60 Å². The van der Waals surface area contributed by atoms with E-state index in [1.165, 1.54) is 32.1 Å². The molecule has 1 amide bonds. The minimum absolute atomic E-state index is 0.152. The Morgan fingerprint density at radius 1 is 1.41 bits per heavy atom. The van der Waals surface area contributed by atoms with E-state index in [1.807, 2.05) is 0 Å². The average molecular weight is 257 g/mol. The van der Waals surface area contributed by atoms with E-state index in [1.54, 1.807) is 11.8 Å². The lowest BCUT2D eigenvalue weighted by molar-refractivity contribution is -0.138. The molecule has 1 heterocycles. The molecule has 2 fully saturated rings. The third kappa shape index (κ3) is 3.16. The number of amides is 1. The lowest BCUT2D eigenvalue weighted by atomic mass is 9.84. The van der Waals surface area contributed by atoms with Crippen molar-refractivity contribution < 1.29 is 9.90 Å². The number of aliphatic hydroxyl groups is 1. The fraction of sp³-hybridized carbons (Fsp3) is 0.923. The Morgan fingerprint density at radius 3 is 2.71 bits per heavy atom. The summed E-state index contributed by atoms with van der Waals surface area (Å²) in [6, 6.07) is 0.206. The normalized spacial score (nSPS) is 32.4. The highest BCUT2D eigenvalue weighted by Crippen LogP contribution is 2.30. The van der Waals surface area contributed by atoms with Crippen LogP contribution in [0.25, 0.3) is 0 Å². The molecule has 4 heteroatoms. The van der Waals surface area contributed by atoms with E-state index in [0.717, 1.165) is 5.75 Å². The van der Waals surface area contributed by atoms with Gasteiger partial charge in [-0.25, -0.2) is 0 Å². The van der Waals surface area contributed by atoms with Crippen LogP contribution in [0.3, 0.4) is 0 Å². The minimum atomic E-state index is -1.10. The van der Waals surface area contributed by atoms with Gasteiger partial charge in [0.1, 0.15) is 0 Å². The lowest BCUT2D eigenvalue weighted by Crippen LogP contribution is -2.51. The van der Waals surface area contributed by atoms with Crippen LogP contribution in [0.1, 0.15) is 45.4 Å². The van der Waals surface area contributed by atoms with Gasteiger partial charge in [0.05, 0.1) is 0 Å². The van der Waals surface area contributed by atoms with Gasteiger partial charge in [-0.3, -0.25) is 4.79 Å². The van der Waals surface area contributed by atoms with Gasteiger partial charge in [-0.05, 0) is 37.9 Å². The first-order valence-corrected chi connectivity index (χ1v) is 7.88. The third-order valence-electron chi connectivity index (χ3n) is 4.14. The summed E-state index contributed by atoms with van der Waals surface area (Å²) >= 11 is 1.66. The average Bonchev–Trinajstić information content (AvgIpc) is 2.78. The Bertz CT molecular complexity index is 271. The molecule has 0 radical (unpaired) electrons. The first-order valence-electron chi connectivity index (χ1n) is 6.73. The first-order chi connectivity index (χ1) is 8.12. The van der Waals surface area contributed by atoms with Crippen LogP contribution in [-0.2, 0) is 4.79 Å². The molecule has 0 aromatic carbocycles. The molecule has 0 bridgehead atoms. The van der Waals surface area contributed by atoms with Crippen LogP contribution in [-0.4, -0.2) is 34.2 Å². The summed E-state index contributed by atoms with van der Waals surface area (Å²) in [6.07, 6.45) is 6.93. The van der Waals surface area contributed by atoms with Crippen molar-refractivity contribution in [3.05, 3.63) is 0 Å². The van der Waals surface area contributed by atoms with Crippen molar-refractivity contribution in [3.8, 4) is 0 Å². The molecular weight excluding hydrogens is 234 g/mol. The van der Waals surface area contributed by atoms with Gasteiger partial charge in [-0.1, -0.05) is 19.3 Å². The number of hydrogen-bond donors (Lipinski definition) is 2. The Kier molecular flexibility index (Phi) is 4.36. The fourth-order valence-electron chi connectivity index (χ4n) is 2.83. The molecule has 2 N–H and O–H groups in total. The van der Waals surface area contributed by atoms with Crippen LogP contribution in [0.4, 0.5) is 0 Å². The van der Waals surface area contributed by atoms with Gasteiger partial charge in [0.25, 0.3) is 5.91 Å². The van der Waals surface area contributed by atoms with E-state index >= 15 is 0 Å². The summed E-state index contributed by atoms with van der Waals surface area (Å²) in [7, 11) is 0. The summed E-state index contributed by atoms with van der Waals surface area (Å²) < 4.78 is 0. The summed E-state index contributed by atoms with van der Waals surface area (Å²) in [5.74, 6) is 1.89. The maximum absolute atomic E-state index is 12.0. The van der Waals surface area contributed by atoms with E-state index in [0.29, 0.717) is 18.1 Å². The molecule has 1 saturated heterocycles. The van der Waals surface area contributed by atoms with Gasteiger partial charge in [-0.15, -0.1) is 0 Å². The molecule has 2 aliphatic rings. The summed E-state index contributed by atoms with van der Waals surface area (Å²) in [6.45, 7) is 2.08. The maximum Gasteiger partial charge on any atom is 0.253 e. The molecule has 0 aromatic heterocycles. The van der Waals surface area contributed by atoms with Crippen molar-refractivity contribution >= 4 is 17.7 Å². The molecule has 2 unspecified atom stereocenters. The van der Waals surface area contributed by atoms with Crippen molar-refractivity contribution in [1.29, 1.82) is 0 Å². The standard InChI is InChI=1S/C13H23NO2S/c1-10(11-5-3-2-4-6-11)14-12(15)13(16)7-8-17-9-13/h10-11,16H,2-9H2,1H3,(H,14,15). The summed E-state index contributed by atoms with van der Waals surface area (Å²) in [5.41, 5.74) is -1.10. The molecule has 3 nitrogen and oxygen atoms in total. The molecule has 1 aliphatic heterocycles. The number of nitrogens with one attached hydrogen (secondary N) is 1. The molecule has 1 saturated carbocycles. The molecule has 2 atom stereocenters. The van der Waals surface area contributed by atoms with Crippen molar-refractivity contribution in [1.82, 2.24) is 5.32 Å². The van der Waals surface area contributed by atoms with E-state index in [2.05, 4.69) is 12.2 Å². The molecule has 0 aromatic rings. The van der Waals surface area contributed by atoms with Crippen molar-refractivity contribution in [2.24, 2.45) is 5.92 Å². The largest absolute Gasteiger partial charge is 0.379 e. The van der Waals surface area contributed by atoms with Crippen LogP contribution in [0, 0.1) is 5.92 Å². The lowest BCUT2D eigenvalue weighted by Gasteiger charge is -2.30. The topological polar surface area (TPSA) is 49.3 Å². The second kappa shape index (κ2) is 5.61. The zero-order valence-corrected chi connectivity index (χ0v) is 11.4.